The van der Waals surface area contributed by atoms with Crippen molar-refractivity contribution in [3.05, 3.63) is 125 Å². The lowest BCUT2D eigenvalue weighted by Crippen LogP contribution is -2.56. The van der Waals surface area contributed by atoms with Gasteiger partial charge in [0.25, 0.3) is 0 Å². The molecule has 3 aliphatic carbocycles. The molecule has 0 amide bonds. The molecule has 276 valence electrons. The van der Waals surface area contributed by atoms with Crippen molar-refractivity contribution in [2.24, 2.45) is 11.8 Å². The highest BCUT2D eigenvalue weighted by Gasteiger charge is 2.62. The molecular weight excluding hydrogens is 647 g/mol. The lowest BCUT2D eigenvalue weighted by Gasteiger charge is -2.50. The van der Waals surface area contributed by atoms with E-state index in [1.54, 1.807) is 22.3 Å². The summed E-state index contributed by atoms with van der Waals surface area (Å²) in [5.41, 5.74) is 10.7. The monoisotopic (exact) mass is 705 g/mol. The van der Waals surface area contributed by atoms with Crippen LogP contribution in [0.4, 0.5) is 17.1 Å². The third kappa shape index (κ3) is 5.98. The Morgan fingerprint density at radius 3 is 2.00 bits per heavy atom. The van der Waals surface area contributed by atoms with Crippen LogP contribution in [0.5, 0.6) is 0 Å². The van der Waals surface area contributed by atoms with Gasteiger partial charge in [-0.05, 0) is 160 Å². The summed E-state index contributed by atoms with van der Waals surface area (Å²) < 4.78 is 0. The molecule has 4 heterocycles. The van der Waals surface area contributed by atoms with E-state index in [1.807, 2.05) is 0 Å². The molecule has 5 heteroatoms. The van der Waals surface area contributed by atoms with Gasteiger partial charge in [0.05, 0.1) is 0 Å². The second kappa shape index (κ2) is 13.7. The van der Waals surface area contributed by atoms with Gasteiger partial charge in [-0.2, -0.15) is 0 Å². The first kappa shape index (κ1) is 34.0. The van der Waals surface area contributed by atoms with Crippen LogP contribution in [0.25, 0.3) is 0 Å². The van der Waals surface area contributed by atoms with Crippen LogP contribution < -0.4 is 15.5 Å². The molecule has 0 radical (unpaired) electrons. The third-order valence-corrected chi connectivity index (χ3v) is 15.2. The standard InChI is InChI=1S/C48H59N5/c1-51-30-44(41-15-9-23-50-45(41)31-51)35-25-34(43-28-49-29-46-42(43)16-10-24-52(46)2)26-37(27-35)48-22-21-47(32-48,33-48)36-17-19-40(20-18-36)53(38-11-5-3-6-12-38)39-13-7-4-8-14-39/h3-8,11-14,17-20,25-27,41-46,49-50H,9-10,15-16,21-24,28-33H2,1-2H3. The SMILES string of the molecule is CN1CC2NCCCC2C(c2cc(C3CNCC4C3CCCN4C)cc(C34CCC(c5ccc(N(c6ccccc6)c6ccccc6)cc5)(C3)C4)c2)C1. The van der Waals surface area contributed by atoms with Crippen molar-refractivity contribution in [2.45, 2.75) is 86.1 Å². The Hall–Kier alpha value is -3.48. The molecule has 2 bridgehead atoms. The molecule has 6 atom stereocenters. The Balaban J connectivity index is 0.976. The normalized spacial score (nSPS) is 34.2. The summed E-state index contributed by atoms with van der Waals surface area (Å²) >= 11 is 0. The maximum atomic E-state index is 3.95. The molecule has 5 nitrogen and oxygen atoms in total. The van der Waals surface area contributed by atoms with Gasteiger partial charge in [-0.15, -0.1) is 0 Å². The van der Waals surface area contributed by atoms with Crippen LogP contribution >= 0.6 is 0 Å². The summed E-state index contributed by atoms with van der Waals surface area (Å²) in [5, 5.41) is 7.87. The van der Waals surface area contributed by atoms with Crippen LogP contribution in [0, 0.1) is 11.8 Å². The maximum absolute atomic E-state index is 3.95. The van der Waals surface area contributed by atoms with Crippen LogP contribution in [0.15, 0.2) is 103 Å². The largest absolute Gasteiger partial charge is 0.315 e. The van der Waals surface area contributed by atoms with Crippen molar-refractivity contribution >= 4 is 17.1 Å². The van der Waals surface area contributed by atoms with Crippen molar-refractivity contribution in [1.82, 2.24) is 20.4 Å². The fraction of sp³-hybridized carbons (Fsp3) is 0.500. The van der Waals surface area contributed by atoms with Gasteiger partial charge in [0.1, 0.15) is 0 Å². The Morgan fingerprint density at radius 2 is 1.28 bits per heavy atom. The molecule has 53 heavy (non-hydrogen) atoms. The molecule has 6 unspecified atom stereocenters. The summed E-state index contributed by atoms with van der Waals surface area (Å²) in [4.78, 5) is 7.66. The summed E-state index contributed by atoms with van der Waals surface area (Å²) in [6.45, 7) is 7.08. The lowest BCUT2D eigenvalue weighted by atomic mass is 9.55. The molecular formula is C48H59N5. The number of likely N-dealkylation sites (tertiary alicyclic amines) is 2. The van der Waals surface area contributed by atoms with Crippen LogP contribution in [0.2, 0.25) is 0 Å². The minimum atomic E-state index is 0.298. The fourth-order valence-electron chi connectivity index (χ4n) is 12.6. The van der Waals surface area contributed by atoms with Crippen LogP contribution in [-0.2, 0) is 10.8 Å². The number of rotatable bonds is 7. The number of nitrogens with zero attached hydrogens (tertiary/aromatic N) is 3. The minimum Gasteiger partial charge on any atom is -0.315 e. The average Bonchev–Trinajstić information content (AvgIpc) is 3.78. The maximum Gasteiger partial charge on any atom is 0.0461 e. The number of anilines is 3. The number of hydrogen-bond donors (Lipinski definition) is 2. The van der Waals surface area contributed by atoms with E-state index in [4.69, 9.17) is 0 Å². The first-order valence-electron chi connectivity index (χ1n) is 21.0. The number of nitrogens with one attached hydrogen (secondary N) is 2. The number of piperidine rings is 4. The summed E-state index contributed by atoms with van der Waals surface area (Å²) in [6.07, 6.45) is 10.6. The van der Waals surface area contributed by atoms with E-state index >= 15 is 0 Å². The van der Waals surface area contributed by atoms with Gasteiger partial charge in [0.2, 0.25) is 0 Å². The number of hydrogen-bond acceptors (Lipinski definition) is 5. The molecule has 7 aliphatic rings. The van der Waals surface area contributed by atoms with Crippen molar-refractivity contribution in [3.8, 4) is 0 Å². The zero-order valence-electron chi connectivity index (χ0n) is 32.0. The zero-order chi connectivity index (χ0) is 35.6. The quantitative estimate of drug-likeness (QED) is 0.201. The van der Waals surface area contributed by atoms with Crippen LogP contribution in [-0.4, -0.2) is 75.2 Å². The van der Waals surface area contributed by atoms with Gasteiger partial charge in [-0.3, -0.25) is 0 Å². The Kier molecular flexibility index (Phi) is 8.78. The van der Waals surface area contributed by atoms with Gasteiger partial charge < -0.3 is 25.3 Å². The highest BCUT2D eigenvalue weighted by atomic mass is 15.2. The summed E-state index contributed by atoms with van der Waals surface area (Å²) in [6, 6.07) is 40.8. The van der Waals surface area contributed by atoms with E-state index in [9.17, 15) is 0 Å². The van der Waals surface area contributed by atoms with E-state index in [0.29, 0.717) is 34.7 Å². The number of para-hydroxylation sites is 2. The number of benzene rings is 4. The number of likely N-dealkylation sites (N-methyl/N-ethyl adjacent to an activating group) is 2. The molecule has 7 fully saturated rings. The van der Waals surface area contributed by atoms with Gasteiger partial charge in [-0.1, -0.05) is 66.7 Å². The van der Waals surface area contributed by atoms with Gasteiger partial charge in [0, 0.05) is 67.2 Å². The smallest absolute Gasteiger partial charge is 0.0461 e. The highest BCUT2D eigenvalue weighted by molar-refractivity contribution is 5.76. The minimum absolute atomic E-state index is 0.298. The molecule has 2 N–H and O–H groups in total. The summed E-state index contributed by atoms with van der Waals surface area (Å²) in [5.74, 6) is 2.71. The highest BCUT2D eigenvalue weighted by Crippen LogP contribution is 2.68. The molecule has 4 aromatic carbocycles. The van der Waals surface area contributed by atoms with E-state index in [2.05, 4.69) is 143 Å². The second-order valence-electron chi connectivity index (χ2n) is 18.2. The predicted octanol–water partition coefficient (Wildman–Crippen LogP) is 8.71. The van der Waals surface area contributed by atoms with Crippen LogP contribution in [0.1, 0.15) is 85.5 Å². The molecule has 4 saturated heterocycles. The molecule has 3 saturated carbocycles. The van der Waals surface area contributed by atoms with Crippen molar-refractivity contribution in [2.75, 3.05) is 58.3 Å². The predicted molar refractivity (Wildman–Crippen MR) is 219 cm³/mol. The van der Waals surface area contributed by atoms with Gasteiger partial charge in [0.15, 0.2) is 0 Å². The second-order valence-corrected chi connectivity index (χ2v) is 18.2. The van der Waals surface area contributed by atoms with Crippen molar-refractivity contribution in [3.63, 3.8) is 0 Å². The molecule has 4 aromatic rings. The first-order valence-corrected chi connectivity index (χ1v) is 21.0. The van der Waals surface area contributed by atoms with Gasteiger partial charge in [-0.25, -0.2) is 0 Å². The third-order valence-electron chi connectivity index (χ3n) is 15.2. The van der Waals surface area contributed by atoms with E-state index in [1.165, 1.54) is 94.6 Å². The molecule has 0 spiro atoms. The lowest BCUT2D eigenvalue weighted by molar-refractivity contribution is 0.0791. The molecule has 0 aromatic heterocycles. The Bertz CT molecular complexity index is 1840. The van der Waals surface area contributed by atoms with E-state index < -0.39 is 0 Å². The number of fused-ring (bicyclic) bond motifs is 3. The van der Waals surface area contributed by atoms with E-state index in [0.717, 1.165) is 24.9 Å². The Labute approximate surface area is 318 Å². The van der Waals surface area contributed by atoms with Crippen molar-refractivity contribution < 1.29 is 0 Å². The Morgan fingerprint density at radius 1 is 0.642 bits per heavy atom. The summed E-state index contributed by atoms with van der Waals surface area (Å²) in [7, 11) is 4.73. The zero-order valence-corrected chi connectivity index (χ0v) is 32.0. The van der Waals surface area contributed by atoms with Gasteiger partial charge >= 0.3 is 0 Å². The molecule has 4 aliphatic heterocycles. The van der Waals surface area contributed by atoms with Crippen LogP contribution in [0.3, 0.4) is 0 Å². The molecule has 11 rings (SSSR count). The fourth-order valence-corrected chi connectivity index (χ4v) is 12.6. The first-order chi connectivity index (χ1) is 26.0. The topological polar surface area (TPSA) is 33.8 Å². The van der Waals surface area contributed by atoms with E-state index in [-0.39, 0.29) is 0 Å². The average molecular weight is 706 g/mol. The van der Waals surface area contributed by atoms with Crippen molar-refractivity contribution in [1.29, 1.82) is 0 Å².